The van der Waals surface area contributed by atoms with Gasteiger partial charge in [-0.1, -0.05) is 5.16 Å². The summed E-state index contributed by atoms with van der Waals surface area (Å²) in [4.78, 5) is 11.5. The average Bonchev–Trinajstić information content (AvgIpc) is 3.20. The monoisotopic (exact) mass is 310 g/mol. The van der Waals surface area contributed by atoms with Gasteiger partial charge in [0.25, 0.3) is 0 Å². The van der Waals surface area contributed by atoms with Crippen molar-refractivity contribution in [1.82, 2.24) is 20.0 Å². The van der Waals surface area contributed by atoms with E-state index in [9.17, 15) is 0 Å². The highest BCUT2D eigenvalue weighted by molar-refractivity contribution is 5.47. The zero-order valence-corrected chi connectivity index (χ0v) is 13.2. The van der Waals surface area contributed by atoms with E-state index in [1.807, 2.05) is 32.2 Å². The van der Waals surface area contributed by atoms with E-state index in [0.29, 0.717) is 11.6 Å². The minimum absolute atomic E-state index is 0.660. The second-order valence-electron chi connectivity index (χ2n) is 5.91. The molecule has 0 N–H and O–H groups in total. The second-order valence-corrected chi connectivity index (χ2v) is 5.91. The van der Waals surface area contributed by atoms with Crippen molar-refractivity contribution in [2.45, 2.75) is 33.4 Å². The molecule has 0 unspecified atom stereocenters. The first-order valence-electron chi connectivity index (χ1n) is 7.73. The molecule has 0 bridgehead atoms. The molecule has 0 radical (unpaired) electrons. The number of aromatic nitrogens is 3. The quantitative estimate of drug-likeness (QED) is 0.741. The van der Waals surface area contributed by atoms with Crippen LogP contribution in [0.25, 0.3) is 11.6 Å². The van der Waals surface area contributed by atoms with Crippen LogP contribution >= 0.6 is 0 Å². The van der Waals surface area contributed by atoms with Crippen LogP contribution in [0.5, 0.6) is 0 Å². The molecule has 4 rings (SSSR count). The minimum Gasteiger partial charge on any atom is -0.461 e. The Balaban J connectivity index is 1.54. The zero-order valence-electron chi connectivity index (χ0n) is 13.2. The van der Waals surface area contributed by atoms with Gasteiger partial charge in [0.15, 0.2) is 11.6 Å². The van der Waals surface area contributed by atoms with Crippen LogP contribution in [0, 0.1) is 13.8 Å². The van der Waals surface area contributed by atoms with Crippen molar-refractivity contribution in [3.8, 4) is 11.6 Å². The van der Waals surface area contributed by atoms with Crippen molar-refractivity contribution >= 4 is 0 Å². The summed E-state index contributed by atoms with van der Waals surface area (Å²) in [6.07, 6.45) is 4.47. The first-order chi connectivity index (χ1) is 11.2. The van der Waals surface area contributed by atoms with Crippen LogP contribution in [0.4, 0.5) is 0 Å². The van der Waals surface area contributed by atoms with Crippen molar-refractivity contribution < 1.29 is 8.94 Å². The lowest BCUT2D eigenvalue weighted by atomic mass is 10.1. The van der Waals surface area contributed by atoms with Crippen LogP contribution in [0.2, 0.25) is 0 Å². The molecule has 1 aliphatic heterocycles. The van der Waals surface area contributed by atoms with E-state index in [1.54, 1.807) is 6.26 Å². The highest BCUT2D eigenvalue weighted by Gasteiger charge is 2.21. The molecule has 0 saturated carbocycles. The highest BCUT2D eigenvalue weighted by Crippen LogP contribution is 2.23. The van der Waals surface area contributed by atoms with E-state index in [-0.39, 0.29) is 0 Å². The molecule has 4 heterocycles. The zero-order chi connectivity index (χ0) is 15.8. The lowest BCUT2D eigenvalue weighted by Gasteiger charge is -2.27. The van der Waals surface area contributed by atoms with Gasteiger partial charge in [0, 0.05) is 43.4 Å². The fraction of sp³-hybridized carbons (Fsp3) is 0.353. The van der Waals surface area contributed by atoms with Crippen LogP contribution in [-0.4, -0.2) is 26.6 Å². The molecule has 1 aliphatic rings. The van der Waals surface area contributed by atoms with Gasteiger partial charge in [0.2, 0.25) is 0 Å². The van der Waals surface area contributed by atoms with Gasteiger partial charge >= 0.3 is 0 Å². The minimum atomic E-state index is 0.660. The molecule has 3 aromatic rings. The van der Waals surface area contributed by atoms with E-state index < -0.39 is 0 Å². The number of fused-ring (bicyclic) bond motifs is 1. The Labute approximate surface area is 134 Å². The van der Waals surface area contributed by atoms with Gasteiger partial charge in [-0.05, 0) is 26.0 Å². The van der Waals surface area contributed by atoms with Gasteiger partial charge < -0.3 is 8.94 Å². The Morgan fingerprint density at radius 1 is 1.30 bits per heavy atom. The maximum absolute atomic E-state index is 5.38. The maximum Gasteiger partial charge on any atom is 0.195 e. The lowest BCUT2D eigenvalue weighted by Crippen LogP contribution is -2.31. The smallest absolute Gasteiger partial charge is 0.195 e. The van der Waals surface area contributed by atoms with Crippen LogP contribution in [0.1, 0.15) is 28.3 Å². The Kier molecular flexibility index (Phi) is 3.46. The molecular formula is C17H18N4O2. The molecule has 0 fully saturated rings. The fourth-order valence-electron chi connectivity index (χ4n) is 2.99. The third-order valence-corrected chi connectivity index (χ3v) is 4.32. The largest absolute Gasteiger partial charge is 0.461 e. The van der Waals surface area contributed by atoms with E-state index in [1.165, 1.54) is 11.1 Å². The predicted octanol–water partition coefficient (Wildman–Crippen LogP) is 2.90. The molecule has 0 saturated heterocycles. The lowest BCUT2D eigenvalue weighted by molar-refractivity contribution is 0.241. The summed E-state index contributed by atoms with van der Waals surface area (Å²) in [5, 5.41) is 4.03. The van der Waals surface area contributed by atoms with Crippen molar-refractivity contribution in [3.63, 3.8) is 0 Å². The first-order valence-corrected chi connectivity index (χ1v) is 7.73. The Morgan fingerprint density at radius 2 is 2.22 bits per heavy atom. The summed E-state index contributed by atoms with van der Waals surface area (Å²) in [5.74, 6) is 2.27. The molecule has 6 heteroatoms. The summed E-state index contributed by atoms with van der Waals surface area (Å²) in [6.45, 7) is 6.61. The van der Waals surface area contributed by atoms with Crippen molar-refractivity contribution in [1.29, 1.82) is 0 Å². The van der Waals surface area contributed by atoms with Crippen molar-refractivity contribution in [2.24, 2.45) is 0 Å². The summed E-state index contributed by atoms with van der Waals surface area (Å²) in [5.41, 5.74) is 4.44. The van der Waals surface area contributed by atoms with Gasteiger partial charge in [0.1, 0.15) is 5.76 Å². The molecule has 23 heavy (non-hydrogen) atoms. The molecule has 0 aromatic carbocycles. The molecule has 3 aromatic heterocycles. The summed E-state index contributed by atoms with van der Waals surface area (Å²) < 4.78 is 10.6. The highest BCUT2D eigenvalue weighted by atomic mass is 16.5. The molecule has 0 spiro atoms. The van der Waals surface area contributed by atoms with E-state index in [2.05, 4.69) is 20.0 Å². The van der Waals surface area contributed by atoms with Crippen LogP contribution < -0.4 is 0 Å². The van der Waals surface area contributed by atoms with Gasteiger partial charge in [0.05, 0.1) is 17.7 Å². The Morgan fingerprint density at radius 3 is 2.96 bits per heavy atom. The normalized spacial score (nSPS) is 14.9. The molecule has 118 valence electrons. The standard InChI is InChI=1S/C17H18N4O2/c1-11-14(12(2)23-20-11)10-21-6-5-15-13(9-21)8-18-17(19-15)16-4-3-7-22-16/h3-4,7-8H,5-6,9-10H2,1-2H3. The molecular weight excluding hydrogens is 292 g/mol. The van der Waals surface area contributed by atoms with Crippen molar-refractivity contribution in [3.05, 3.63) is 52.9 Å². The second kappa shape index (κ2) is 5.62. The number of aryl methyl sites for hydroxylation is 2. The number of hydrogen-bond acceptors (Lipinski definition) is 6. The topological polar surface area (TPSA) is 68.2 Å². The van der Waals surface area contributed by atoms with Gasteiger partial charge in [-0.3, -0.25) is 4.90 Å². The first kappa shape index (κ1) is 14.1. The Hall–Kier alpha value is -2.47. The number of rotatable bonds is 3. The van der Waals surface area contributed by atoms with Crippen molar-refractivity contribution in [2.75, 3.05) is 6.54 Å². The summed E-state index contributed by atoms with van der Waals surface area (Å²) >= 11 is 0. The Bertz CT molecular complexity index is 804. The number of hydrogen-bond donors (Lipinski definition) is 0. The summed E-state index contributed by atoms with van der Waals surface area (Å²) in [7, 11) is 0. The van der Waals surface area contributed by atoms with E-state index >= 15 is 0 Å². The van der Waals surface area contributed by atoms with E-state index in [4.69, 9.17) is 8.94 Å². The van der Waals surface area contributed by atoms with Crippen LogP contribution in [0.15, 0.2) is 33.5 Å². The maximum atomic E-state index is 5.38. The van der Waals surface area contributed by atoms with Gasteiger partial charge in [-0.2, -0.15) is 0 Å². The summed E-state index contributed by atoms with van der Waals surface area (Å²) in [6, 6.07) is 3.73. The van der Waals surface area contributed by atoms with Crippen LogP contribution in [0.3, 0.4) is 0 Å². The average molecular weight is 310 g/mol. The number of nitrogens with zero attached hydrogens (tertiary/aromatic N) is 4. The molecule has 6 nitrogen and oxygen atoms in total. The fourth-order valence-corrected chi connectivity index (χ4v) is 2.99. The third-order valence-electron chi connectivity index (χ3n) is 4.32. The third kappa shape index (κ3) is 2.66. The van der Waals surface area contributed by atoms with Gasteiger partial charge in [-0.15, -0.1) is 0 Å². The SMILES string of the molecule is Cc1noc(C)c1CN1CCc2nc(-c3ccco3)ncc2C1. The molecule has 0 atom stereocenters. The molecule has 0 amide bonds. The van der Waals surface area contributed by atoms with Gasteiger partial charge in [-0.25, -0.2) is 9.97 Å². The molecule has 0 aliphatic carbocycles. The van der Waals surface area contributed by atoms with Crippen LogP contribution in [-0.2, 0) is 19.5 Å². The predicted molar refractivity (Wildman–Crippen MR) is 83.5 cm³/mol. The number of furan rings is 1. The van der Waals surface area contributed by atoms with E-state index in [0.717, 1.165) is 43.2 Å².